The predicted octanol–water partition coefficient (Wildman–Crippen LogP) is 3.78. The van der Waals surface area contributed by atoms with Crippen molar-refractivity contribution in [3.8, 4) is 0 Å². The Morgan fingerprint density at radius 3 is 2.36 bits per heavy atom. The molecule has 0 amide bonds. The number of hydrogen-bond acceptors (Lipinski definition) is 0. The zero-order chi connectivity index (χ0) is 8.32. The van der Waals surface area contributed by atoms with E-state index in [9.17, 15) is 0 Å². The van der Waals surface area contributed by atoms with E-state index < -0.39 is 0 Å². The van der Waals surface area contributed by atoms with Crippen molar-refractivity contribution in [3.05, 3.63) is 12.2 Å². The van der Waals surface area contributed by atoms with Gasteiger partial charge in [0, 0.05) is 0 Å². The number of rotatable bonds is 2. The normalized spacial score (nSPS) is 31.3. The molecular formula is C11H20. The largest absolute Gasteiger partial charge is 0.0885 e. The summed E-state index contributed by atoms with van der Waals surface area (Å²) in [5.41, 5.74) is 0.634. The minimum Gasteiger partial charge on any atom is -0.0885 e. The molecule has 0 nitrogen and oxygen atoms in total. The SMILES string of the molecule is CCC1(C(C)C)CC=CCC1. The molecule has 11 heavy (non-hydrogen) atoms. The topological polar surface area (TPSA) is 0 Å². The highest BCUT2D eigenvalue weighted by atomic mass is 14.4. The van der Waals surface area contributed by atoms with Crippen molar-refractivity contribution < 1.29 is 0 Å². The Balaban J connectivity index is 2.67. The third-order valence-corrected chi connectivity index (χ3v) is 3.43. The Bertz CT molecular complexity index is 144. The van der Waals surface area contributed by atoms with Crippen molar-refractivity contribution in [2.75, 3.05) is 0 Å². The Labute approximate surface area is 70.7 Å². The molecule has 64 valence electrons. The molecule has 1 aliphatic rings. The fraction of sp³-hybridized carbons (Fsp3) is 0.818. The van der Waals surface area contributed by atoms with Crippen LogP contribution in [-0.4, -0.2) is 0 Å². The summed E-state index contributed by atoms with van der Waals surface area (Å²) in [4.78, 5) is 0. The monoisotopic (exact) mass is 152 g/mol. The van der Waals surface area contributed by atoms with Gasteiger partial charge in [0.05, 0.1) is 0 Å². The van der Waals surface area contributed by atoms with Crippen LogP contribution in [0.1, 0.15) is 46.5 Å². The molecule has 0 aromatic heterocycles. The lowest BCUT2D eigenvalue weighted by molar-refractivity contribution is 0.160. The van der Waals surface area contributed by atoms with E-state index in [1.807, 2.05) is 0 Å². The lowest BCUT2D eigenvalue weighted by Gasteiger charge is -2.38. The van der Waals surface area contributed by atoms with E-state index in [1.54, 1.807) is 0 Å². The summed E-state index contributed by atoms with van der Waals surface area (Å²) in [6.45, 7) is 7.06. The molecule has 0 aromatic carbocycles. The van der Waals surface area contributed by atoms with E-state index >= 15 is 0 Å². The molecule has 1 aliphatic carbocycles. The maximum Gasteiger partial charge on any atom is -0.0240 e. The average Bonchev–Trinajstić information content (AvgIpc) is 2.05. The summed E-state index contributed by atoms with van der Waals surface area (Å²) >= 11 is 0. The van der Waals surface area contributed by atoms with Crippen LogP contribution in [0.2, 0.25) is 0 Å². The Hall–Kier alpha value is -0.260. The summed E-state index contributed by atoms with van der Waals surface area (Å²) in [5, 5.41) is 0. The van der Waals surface area contributed by atoms with Crippen molar-refractivity contribution in [3.63, 3.8) is 0 Å². The second-order valence-electron chi connectivity index (χ2n) is 4.08. The molecule has 1 rings (SSSR count). The van der Waals surface area contributed by atoms with E-state index in [-0.39, 0.29) is 0 Å². The fourth-order valence-corrected chi connectivity index (χ4v) is 2.16. The summed E-state index contributed by atoms with van der Waals surface area (Å²) in [6.07, 6.45) is 10.0. The average molecular weight is 152 g/mol. The molecular weight excluding hydrogens is 132 g/mol. The van der Waals surface area contributed by atoms with Crippen LogP contribution in [0.4, 0.5) is 0 Å². The van der Waals surface area contributed by atoms with Crippen molar-refractivity contribution in [2.45, 2.75) is 46.5 Å². The Morgan fingerprint density at radius 1 is 1.36 bits per heavy atom. The van der Waals surface area contributed by atoms with E-state index in [0.717, 1.165) is 5.92 Å². The maximum absolute atomic E-state index is 2.37. The first-order chi connectivity index (χ1) is 5.21. The number of hydrogen-bond donors (Lipinski definition) is 0. The van der Waals surface area contributed by atoms with Crippen LogP contribution in [-0.2, 0) is 0 Å². The van der Waals surface area contributed by atoms with Gasteiger partial charge in [-0.1, -0.05) is 32.9 Å². The van der Waals surface area contributed by atoms with Gasteiger partial charge >= 0.3 is 0 Å². The standard InChI is InChI=1S/C11H20/c1-4-11(10(2)3)8-6-5-7-9-11/h5-6,10H,4,7-9H2,1-3H3. The van der Waals surface area contributed by atoms with Crippen molar-refractivity contribution in [1.82, 2.24) is 0 Å². The van der Waals surface area contributed by atoms with Crippen LogP contribution in [0.3, 0.4) is 0 Å². The van der Waals surface area contributed by atoms with E-state index in [2.05, 4.69) is 32.9 Å². The maximum atomic E-state index is 2.37. The molecule has 0 saturated heterocycles. The van der Waals surface area contributed by atoms with Crippen molar-refractivity contribution in [2.24, 2.45) is 11.3 Å². The van der Waals surface area contributed by atoms with Gasteiger partial charge in [0.2, 0.25) is 0 Å². The predicted molar refractivity (Wildman–Crippen MR) is 50.6 cm³/mol. The van der Waals surface area contributed by atoms with Gasteiger partial charge in [0.15, 0.2) is 0 Å². The Kier molecular flexibility index (Phi) is 2.75. The van der Waals surface area contributed by atoms with Crippen molar-refractivity contribution in [1.29, 1.82) is 0 Å². The van der Waals surface area contributed by atoms with Gasteiger partial charge in [-0.15, -0.1) is 0 Å². The molecule has 0 heteroatoms. The molecule has 0 aromatic rings. The highest BCUT2D eigenvalue weighted by molar-refractivity contribution is 4.98. The summed E-state index contributed by atoms with van der Waals surface area (Å²) in [6, 6.07) is 0. The van der Waals surface area contributed by atoms with Gasteiger partial charge in [0.1, 0.15) is 0 Å². The van der Waals surface area contributed by atoms with Crippen LogP contribution in [0.5, 0.6) is 0 Å². The molecule has 0 heterocycles. The third kappa shape index (κ3) is 1.66. The lowest BCUT2D eigenvalue weighted by Crippen LogP contribution is -2.27. The van der Waals surface area contributed by atoms with Gasteiger partial charge in [-0.25, -0.2) is 0 Å². The summed E-state index contributed by atoms with van der Waals surface area (Å²) < 4.78 is 0. The van der Waals surface area contributed by atoms with Crippen LogP contribution in [0.25, 0.3) is 0 Å². The highest BCUT2D eigenvalue weighted by Gasteiger charge is 2.31. The van der Waals surface area contributed by atoms with Gasteiger partial charge in [-0.2, -0.15) is 0 Å². The molecule has 1 atom stereocenters. The zero-order valence-electron chi connectivity index (χ0n) is 8.06. The van der Waals surface area contributed by atoms with Gasteiger partial charge in [0.25, 0.3) is 0 Å². The zero-order valence-corrected chi connectivity index (χ0v) is 8.06. The first-order valence-electron chi connectivity index (χ1n) is 4.86. The van der Waals surface area contributed by atoms with Crippen molar-refractivity contribution >= 4 is 0 Å². The van der Waals surface area contributed by atoms with Crippen LogP contribution in [0, 0.1) is 11.3 Å². The minimum atomic E-state index is 0.634. The van der Waals surface area contributed by atoms with Crippen LogP contribution < -0.4 is 0 Å². The quantitative estimate of drug-likeness (QED) is 0.528. The second-order valence-corrected chi connectivity index (χ2v) is 4.08. The number of allylic oxidation sites excluding steroid dienone is 2. The molecule has 0 aliphatic heterocycles. The van der Waals surface area contributed by atoms with Crippen LogP contribution in [0.15, 0.2) is 12.2 Å². The van der Waals surface area contributed by atoms with E-state index in [4.69, 9.17) is 0 Å². The first-order valence-corrected chi connectivity index (χ1v) is 4.86. The van der Waals surface area contributed by atoms with Gasteiger partial charge in [-0.3, -0.25) is 0 Å². The molecule has 0 radical (unpaired) electrons. The van der Waals surface area contributed by atoms with Gasteiger partial charge in [-0.05, 0) is 37.0 Å². The first kappa shape index (κ1) is 8.83. The molecule has 1 unspecified atom stereocenters. The highest BCUT2D eigenvalue weighted by Crippen LogP contribution is 2.42. The molecule has 0 N–H and O–H groups in total. The van der Waals surface area contributed by atoms with Crippen LogP contribution >= 0.6 is 0 Å². The van der Waals surface area contributed by atoms with Gasteiger partial charge < -0.3 is 0 Å². The smallest absolute Gasteiger partial charge is 0.0240 e. The van der Waals surface area contributed by atoms with E-state index in [1.165, 1.54) is 25.7 Å². The third-order valence-electron chi connectivity index (χ3n) is 3.43. The summed E-state index contributed by atoms with van der Waals surface area (Å²) in [7, 11) is 0. The lowest BCUT2D eigenvalue weighted by atomic mass is 9.67. The second kappa shape index (κ2) is 3.42. The Morgan fingerprint density at radius 2 is 2.09 bits per heavy atom. The molecule has 0 spiro atoms. The molecule has 0 bridgehead atoms. The molecule has 0 saturated carbocycles. The summed E-state index contributed by atoms with van der Waals surface area (Å²) in [5.74, 6) is 0.845. The van der Waals surface area contributed by atoms with E-state index in [0.29, 0.717) is 5.41 Å². The molecule has 0 fully saturated rings. The fourth-order valence-electron chi connectivity index (χ4n) is 2.16. The minimum absolute atomic E-state index is 0.634.